The van der Waals surface area contributed by atoms with Crippen LogP contribution in [0.5, 0.6) is 0 Å². The normalized spacial score (nSPS) is 11.1. The van der Waals surface area contributed by atoms with E-state index in [-0.39, 0.29) is 10.7 Å². The van der Waals surface area contributed by atoms with Crippen molar-refractivity contribution in [1.82, 2.24) is 0 Å². The van der Waals surface area contributed by atoms with Gasteiger partial charge in [0.15, 0.2) is 15.6 Å². The maximum Gasteiger partial charge on any atom is 0.175 e. The van der Waals surface area contributed by atoms with E-state index in [1.54, 1.807) is 18.2 Å². The molecule has 0 fully saturated rings. The van der Waals surface area contributed by atoms with Crippen molar-refractivity contribution in [2.45, 2.75) is 39.0 Å². The maximum atomic E-state index is 12.1. The van der Waals surface area contributed by atoms with E-state index in [0.29, 0.717) is 11.1 Å². The third kappa shape index (κ3) is 8.66. The van der Waals surface area contributed by atoms with Crippen LogP contribution in [-0.2, 0) is 21.1 Å². The van der Waals surface area contributed by atoms with E-state index in [2.05, 4.69) is 37.8 Å². The highest BCUT2D eigenvalue weighted by Crippen LogP contribution is 2.28. The zero-order chi connectivity index (χ0) is 24.9. The Hall–Kier alpha value is -3.24. The second-order valence-electron chi connectivity index (χ2n) is 7.05. The quantitative estimate of drug-likeness (QED) is 0.224. The minimum Gasteiger partial charge on any atom is -0.294 e. The molecule has 0 bridgehead atoms. The fraction of sp³-hybridized carbons (Fsp3) is 0.207. The summed E-state index contributed by atoms with van der Waals surface area (Å²) < 4.78 is 23.1. The molecule has 0 aliphatic heterocycles. The standard InChI is InChI=1S/C19H18O3S.C8H10.C2H6/c1-4-18(15-10-12-17(13-11-15)23(3,21)22)19(14(2)20)16-8-6-5-7-9-16;1-2-8-6-4-3-5-7-8;1-2/h4-13H,1H2,2-3H3;3-7H,2H2,1H3;1-2H3/b19-18-;;. The first-order valence-corrected chi connectivity index (χ1v) is 12.9. The van der Waals surface area contributed by atoms with E-state index in [1.807, 2.05) is 50.2 Å². The molecule has 0 amide bonds. The van der Waals surface area contributed by atoms with Crippen molar-refractivity contribution >= 4 is 26.8 Å². The van der Waals surface area contributed by atoms with Crippen LogP contribution in [0.15, 0.2) is 102 Å². The Morgan fingerprint density at radius 3 is 1.67 bits per heavy atom. The molecule has 4 heteroatoms. The van der Waals surface area contributed by atoms with Crippen LogP contribution in [0.25, 0.3) is 11.1 Å². The number of allylic oxidation sites excluding steroid dienone is 3. The topological polar surface area (TPSA) is 51.2 Å². The second kappa shape index (κ2) is 14.0. The number of carbonyl (C=O) groups is 1. The van der Waals surface area contributed by atoms with Crippen molar-refractivity contribution in [1.29, 1.82) is 0 Å². The van der Waals surface area contributed by atoms with Crippen molar-refractivity contribution in [2.75, 3.05) is 6.26 Å². The summed E-state index contributed by atoms with van der Waals surface area (Å²) in [5, 5.41) is 0. The SMILES string of the molecule is C=C/C(=C(\C(C)=O)c1ccccc1)c1ccc(S(C)(=O)=O)cc1.CC.CCc1ccccc1. The summed E-state index contributed by atoms with van der Waals surface area (Å²) >= 11 is 0. The van der Waals surface area contributed by atoms with E-state index in [4.69, 9.17) is 0 Å². The molecule has 3 rings (SSSR count). The first-order valence-electron chi connectivity index (χ1n) is 11.1. The fourth-order valence-electron chi connectivity index (χ4n) is 3.11. The van der Waals surface area contributed by atoms with Crippen LogP contribution in [0.1, 0.15) is 44.4 Å². The van der Waals surface area contributed by atoms with Gasteiger partial charge in [0.2, 0.25) is 0 Å². The highest BCUT2D eigenvalue weighted by molar-refractivity contribution is 7.90. The van der Waals surface area contributed by atoms with Crippen LogP contribution < -0.4 is 0 Å². The summed E-state index contributed by atoms with van der Waals surface area (Å²) in [7, 11) is -3.25. The third-order valence-corrected chi connectivity index (χ3v) is 5.86. The number of Topliss-reactive ketones (excluding diaryl/α,β-unsaturated/α-hetero) is 1. The maximum absolute atomic E-state index is 12.1. The van der Waals surface area contributed by atoms with Crippen molar-refractivity contribution in [3.63, 3.8) is 0 Å². The number of sulfone groups is 1. The summed E-state index contributed by atoms with van der Waals surface area (Å²) in [6.07, 6.45) is 3.93. The average molecular weight is 463 g/mol. The van der Waals surface area contributed by atoms with E-state index >= 15 is 0 Å². The molecule has 3 nitrogen and oxygen atoms in total. The van der Waals surface area contributed by atoms with Crippen LogP contribution in [-0.4, -0.2) is 20.5 Å². The van der Waals surface area contributed by atoms with E-state index in [1.165, 1.54) is 24.6 Å². The average Bonchev–Trinajstić information content (AvgIpc) is 2.84. The summed E-state index contributed by atoms with van der Waals surface area (Å²) in [6, 6.07) is 26.3. The Balaban J connectivity index is 0.000000454. The lowest BCUT2D eigenvalue weighted by molar-refractivity contribution is -0.111. The number of aryl methyl sites for hydroxylation is 1. The van der Waals surface area contributed by atoms with Gasteiger partial charge >= 0.3 is 0 Å². The molecule has 0 saturated carbocycles. The lowest BCUT2D eigenvalue weighted by Gasteiger charge is -2.11. The molecule has 0 aromatic heterocycles. The molecule has 0 heterocycles. The van der Waals surface area contributed by atoms with E-state index in [9.17, 15) is 13.2 Å². The second-order valence-corrected chi connectivity index (χ2v) is 9.07. The van der Waals surface area contributed by atoms with Gasteiger partial charge < -0.3 is 0 Å². The Labute approximate surface area is 199 Å². The van der Waals surface area contributed by atoms with Crippen LogP contribution in [0.4, 0.5) is 0 Å². The van der Waals surface area contributed by atoms with Gasteiger partial charge in [-0.3, -0.25) is 4.79 Å². The van der Waals surface area contributed by atoms with Crippen molar-refractivity contribution in [3.8, 4) is 0 Å². The summed E-state index contributed by atoms with van der Waals surface area (Å²) in [6.45, 7) is 11.5. The number of hydrogen-bond donors (Lipinski definition) is 0. The predicted octanol–water partition coefficient (Wildman–Crippen LogP) is 7.05. The molecule has 0 radical (unpaired) electrons. The van der Waals surface area contributed by atoms with Gasteiger partial charge in [-0.2, -0.15) is 0 Å². The number of rotatable bonds is 6. The fourth-order valence-corrected chi connectivity index (χ4v) is 3.74. The van der Waals surface area contributed by atoms with Crippen molar-refractivity contribution in [2.24, 2.45) is 0 Å². The van der Waals surface area contributed by atoms with Gasteiger partial charge in [-0.15, -0.1) is 0 Å². The third-order valence-electron chi connectivity index (χ3n) is 4.73. The molecule has 0 atom stereocenters. The van der Waals surface area contributed by atoms with Crippen LogP contribution in [0.3, 0.4) is 0 Å². The largest absolute Gasteiger partial charge is 0.294 e. The Bertz CT molecular complexity index is 1140. The van der Waals surface area contributed by atoms with Crippen LogP contribution in [0.2, 0.25) is 0 Å². The summed E-state index contributed by atoms with van der Waals surface area (Å²) in [5.74, 6) is -0.0710. The molecule has 0 spiro atoms. The first kappa shape index (κ1) is 27.8. The first-order chi connectivity index (χ1) is 15.8. The van der Waals surface area contributed by atoms with Gasteiger partial charge in [-0.25, -0.2) is 8.42 Å². The van der Waals surface area contributed by atoms with Gasteiger partial charge in [0.1, 0.15) is 0 Å². The smallest absolute Gasteiger partial charge is 0.175 e. The van der Waals surface area contributed by atoms with Crippen LogP contribution >= 0.6 is 0 Å². The van der Waals surface area contributed by atoms with Gasteiger partial charge in [-0.05, 0) is 47.7 Å². The molecule has 0 unspecified atom stereocenters. The molecule has 0 aliphatic rings. The Kier molecular flexibility index (Phi) is 11.8. The lowest BCUT2D eigenvalue weighted by atomic mass is 9.92. The Morgan fingerprint density at radius 1 is 0.818 bits per heavy atom. The minimum atomic E-state index is -3.25. The molecular weight excluding hydrogens is 428 g/mol. The van der Waals surface area contributed by atoms with E-state index < -0.39 is 9.84 Å². The minimum absolute atomic E-state index is 0.0710. The van der Waals surface area contributed by atoms with Gasteiger partial charge in [0.05, 0.1) is 4.90 Å². The number of benzene rings is 3. The summed E-state index contributed by atoms with van der Waals surface area (Å²) in [5.41, 5.74) is 4.22. The lowest BCUT2D eigenvalue weighted by Crippen LogP contribution is -2.01. The van der Waals surface area contributed by atoms with Crippen LogP contribution in [0, 0.1) is 0 Å². The molecule has 0 N–H and O–H groups in total. The molecule has 3 aromatic carbocycles. The Morgan fingerprint density at radius 2 is 1.30 bits per heavy atom. The number of carbonyl (C=O) groups excluding carboxylic acids is 1. The van der Waals surface area contributed by atoms with Crippen molar-refractivity contribution < 1.29 is 13.2 Å². The number of hydrogen-bond acceptors (Lipinski definition) is 3. The predicted molar refractivity (Wildman–Crippen MR) is 141 cm³/mol. The zero-order valence-electron chi connectivity index (χ0n) is 20.2. The number of ketones is 1. The highest BCUT2D eigenvalue weighted by Gasteiger charge is 2.14. The molecule has 33 heavy (non-hydrogen) atoms. The van der Waals surface area contributed by atoms with Gasteiger partial charge in [-0.1, -0.05) is 106 Å². The van der Waals surface area contributed by atoms with Gasteiger partial charge in [0, 0.05) is 11.8 Å². The van der Waals surface area contributed by atoms with E-state index in [0.717, 1.165) is 23.8 Å². The highest BCUT2D eigenvalue weighted by atomic mass is 32.2. The monoisotopic (exact) mass is 462 g/mol. The molecular formula is C29H34O3S. The molecule has 0 saturated heterocycles. The molecule has 174 valence electrons. The van der Waals surface area contributed by atoms with Crippen molar-refractivity contribution in [3.05, 3.63) is 114 Å². The molecule has 3 aromatic rings. The molecule has 0 aliphatic carbocycles. The zero-order valence-corrected chi connectivity index (χ0v) is 21.0. The van der Waals surface area contributed by atoms with Gasteiger partial charge in [0.25, 0.3) is 0 Å². The summed E-state index contributed by atoms with van der Waals surface area (Å²) in [4.78, 5) is 12.4.